The summed E-state index contributed by atoms with van der Waals surface area (Å²) < 4.78 is 5.58. The number of hydrogen-bond donors (Lipinski definition) is 1. The van der Waals surface area contributed by atoms with Crippen molar-refractivity contribution in [3.8, 4) is 0 Å². The fourth-order valence-electron chi connectivity index (χ4n) is 1.65. The Kier molecular flexibility index (Phi) is 2.11. The molecule has 1 aromatic rings. The van der Waals surface area contributed by atoms with Crippen molar-refractivity contribution in [2.75, 3.05) is 6.54 Å². The molecule has 12 heavy (non-hydrogen) atoms. The number of hydrogen-bond acceptors (Lipinski definition) is 2. The van der Waals surface area contributed by atoms with Gasteiger partial charge in [0.2, 0.25) is 0 Å². The molecule has 0 aliphatic carbocycles. The van der Waals surface area contributed by atoms with Crippen LogP contribution < -0.4 is 5.73 Å². The zero-order valence-corrected chi connectivity index (χ0v) is 6.99. The average Bonchev–Trinajstić information content (AvgIpc) is 2.50. The van der Waals surface area contributed by atoms with Gasteiger partial charge in [-0.05, 0) is 24.1 Å². The zero-order valence-electron chi connectivity index (χ0n) is 6.99. The summed E-state index contributed by atoms with van der Waals surface area (Å²) in [5.74, 6) is 0. The van der Waals surface area contributed by atoms with Crippen molar-refractivity contribution >= 4 is 0 Å². The lowest BCUT2D eigenvalue weighted by molar-refractivity contribution is 0.0619. The van der Waals surface area contributed by atoms with Crippen LogP contribution in [-0.2, 0) is 11.3 Å². The van der Waals surface area contributed by atoms with Crippen LogP contribution in [0.4, 0.5) is 0 Å². The lowest BCUT2D eigenvalue weighted by Crippen LogP contribution is -2.05. The molecule has 0 saturated carbocycles. The number of ether oxygens (including phenoxy) is 1. The maximum atomic E-state index is 5.58. The third-order valence-corrected chi connectivity index (χ3v) is 2.27. The van der Waals surface area contributed by atoms with Gasteiger partial charge in [0, 0.05) is 0 Å². The Morgan fingerprint density at radius 1 is 1.42 bits per heavy atom. The summed E-state index contributed by atoms with van der Waals surface area (Å²) in [7, 11) is 0. The summed E-state index contributed by atoms with van der Waals surface area (Å²) in [6.45, 7) is 1.44. The second-order valence-corrected chi connectivity index (χ2v) is 3.08. The quantitative estimate of drug-likeness (QED) is 0.718. The van der Waals surface area contributed by atoms with Gasteiger partial charge >= 0.3 is 0 Å². The molecule has 1 aromatic carbocycles. The van der Waals surface area contributed by atoms with Crippen molar-refractivity contribution in [3.05, 3.63) is 35.4 Å². The zero-order chi connectivity index (χ0) is 8.39. The molecule has 0 amide bonds. The molecule has 2 nitrogen and oxygen atoms in total. The predicted molar refractivity (Wildman–Crippen MR) is 47.6 cm³/mol. The first-order chi connectivity index (χ1) is 5.92. The Morgan fingerprint density at radius 3 is 3.08 bits per heavy atom. The molecule has 0 fully saturated rings. The van der Waals surface area contributed by atoms with Gasteiger partial charge in [0.05, 0.1) is 12.7 Å². The molecule has 0 saturated heterocycles. The summed E-state index contributed by atoms with van der Waals surface area (Å²) in [5.41, 5.74) is 8.12. The van der Waals surface area contributed by atoms with Gasteiger partial charge in [0.25, 0.3) is 0 Å². The van der Waals surface area contributed by atoms with Crippen molar-refractivity contribution in [2.45, 2.75) is 19.1 Å². The first-order valence-electron chi connectivity index (χ1n) is 4.31. The molecule has 1 unspecified atom stereocenters. The Bertz CT molecular complexity index is 270. The molecule has 1 atom stereocenters. The minimum Gasteiger partial charge on any atom is -0.369 e. The van der Waals surface area contributed by atoms with E-state index in [-0.39, 0.29) is 6.10 Å². The van der Waals surface area contributed by atoms with Gasteiger partial charge in [-0.15, -0.1) is 0 Å². The maximum absolute atomic E-state index is 5.58. The molecule has 0 spiro atoms. The molecule has 2 heteroatoms. The van der Waals surface area contributed by atoms with Gasteiger partial charge in [-0.3, -0.25) is 0 Å². The number of nitrogens with two attached hydrogens (primary N) is 1. The minimum absolute atomic E-state index is 0.242. The minimum atomic E-state index is 0.242. The second kappa shape index (κ2) is 3.25. The Morgan fingerprint density at radius 2 is 2.25 bits per heavy atom. The average molecular weight is 163 g/mol. The molecule has 2 N–H and O–H groups in total. The monoisotopic (exact) mass is 163 g/mol. The molecule has 1 aliphatic rings. The summed E-state index contributed by atoms with van der Waals surface area (Å²) in [4.78, 5) is 0. The van der Waals surface area contributed by atoms with Crippen LogP contribution in [0.1, 0.15) is 23.7 Å². The van der Waals surface area contributed by atoms with Gasteiger partial charge in [-0.2, -0.15) is 0 Å². The highest BCUT2D eigenvalue weighted by molar-refractivity contribution is 5.31. The van der Waals surface area contributed by atoms with Crippen LogP contribution in [0.15, 0.2) is 24.3 Å². The van der Waals surface area contributed by atoms with Crippen LogP contribution in [0.5, 0.6) is 0 Å². The first kappa shape index (κ1) is 7.77. The van der Waals surface area contributed by atoms with E-state index in [0.717, 1.165) is 13.0 Å². The van der Waals surface area contributed by atoms with Gasteiger partial charge in [-0.1, -0.05) is 24.3 Å². The van der Waals surface area contributed by atoms with Gasteiger partial charge < -0.3 is 10.5 Å². The van der Waals surface area contributed by atoms with Crippen LogP contribution in [-0.4, -0.2) is 6.54 Å². The van der Waals surface area contributed by atoms with Gasteiger partial charge in [0.15, 0.2) is 0 Å². The molecule has 1 aliphatic heterocycles. The van der Waals surface area contributed by atoms with Crippen molar-refractivity contribution < 1.29 is 4.74 Å². The maximum Gasteiger partial charge on any atom is 0.0845 e. The smallest absolute Gasteiger partial charge is 0.0845 e. The van der Waals surface area contributed by atoms with E-state index in [1.54, 1.807) is 0 Å². The molecule has 64 valence electrons. The Balaban J connectivity index is 2.24. The standard InChI is InChI=1S/C10H13NO/c11-6-5-10-9-4-2-1-3-8(9)7-12-10/h1-4,10H,5-7,11H2. The third kappa shape index (κ3) is 1.24. The van der Waals surface area contributed by atoms with Crippen LogP contribution in [0.25, 0.3) is 0 Å². The van der Waals surface area contributed by atoms with Crippen LogP contribution in [0.3, 0.4) is 0 Å². The van der Waals surface area contributed by atoms with Crippen molar-refractivity contribution in [2.24, 2.45) is 5.73 Å². The highest BCUT2D eigenvalue weighted by Crippen LogP contribution is 2.31. The lowest BCUT2D eigenvalue weighted by atomic mass is 10.0. The van der Waals surface area contributed by atoms with Crippen molar-refractivity contribution in [1.29, 1.82) is 0 Å². The fourth-order valence-corrected chi connectivity index (χ4v) is 1.65. The van der Waals surface area contributed by atoms with E-state index < -0.39 is 0 Å². The van der Waals surface area contributed by atoms with E-state index in [1.165, 1.54) is 11.1 Å². The lowest BCUT2D eigenvalue weighted by Gasteiger charge is -2.08. The Labute approximate surface area is 72.3 Å². The van der Waals surface area contributed by atoms with Crippen LogP contribution >= 0.6 is 0 Å². The fraction of sp³-hybridized carbons (Fsp3) is 0.400. The second-order valence-electron chi connectivity index (χ2n) is 3.08. The highest BCUT2D eigenvalue weighted by atomic mass is 16.5. The molecular weight excluding hydrogens is 150 g/mol. The SMILES string of the molecule is NCCC1OCc2ccccc21. The van der Waals surface area contributed by atoms with Crippen LogP contribution in [0, 0.1) is 0 Å². The molecule has 0 radical (unpaired) electrons. The summed E-state index contributed by atoms with van der Waals surface area (Å²) in [6, 6.07) is 8.35. The highest BCUT2D eigenvalue weighted by Gasteiger charge is 2.21. The van der Waals surface area contributed by atoms with E-state index in [2.05, 4.69) is 18.2 Å². The molecule has 0 aromatic heterocycles. The first-order valence-corrected chi connectivity index (χ1v) is 4.31. The molecule has 0 bridgehead atoms. The van der Waals surface area contributed by atoms with E-state index in [9.17, 15) is 0 Å². The Hall–Kier alpha value is -0.860. The summed E-state index contributed by atoms with van der Waals surface area (Å²) >= 11 is 0. The van der Waals surface area contributed by atoms with Crippen molar-refractivity contribution in [3.63, 3.8) is 0 Å². The summed E-state index contributed by atoms with van der Waals surface area (Å²) in [6.07, 6.45) is 1.17. The number of fused-ring (bicyclic) bond motifs is 1. The van der Waals surface area contributed by atoms with E-state index >= 15 is 0 Å². The third-order valence-electron chi connectivity index (χ3n) is 2.27. The van der Waals surface area contributed by atoms with Crippen LogP contribution in [0.2, 0.25) is 0 Å². The molecular formula is C10H13NO. The number of rotatable bonds is 2. The van der Waals surface area contributed by atoms with E-state index in [4.69, 9.17) is 10.5 Å². The predicted octanol–water partition coefficient (Wildman–Crippen LogP) is 1.61. The topological polar surface area (TPSA) is 35.2 Å². The molecule has 1 heterocycles. The van der Waals surface area contributed by atoms with Gasteiger partial charge in [-0.25, -0.2) is 0 Å². The van der Waals surface area contributed by atoms with E-state index in [1.807, 2.05) is 6.07 Å². The largest absolute Gasteiger partial charge is 0.369 e. The number of benzene rings is 1. The van der Waals surface area contributed by atoms with Crippen molar-refractivity contribution in [1.82, 2.24) is 0 Å². The van der Waals surface area contributed by atoms with Gasteiger partial charge in [0.1, 0.15) is 0 Å². The molecule has 2 rings (SSSR count). The summed E-state index contributed by atoms with van der Waals surface area (Å²) in [5, 5.41) is 0. The van der Waals surface area contributed by atoms with E-state index in [0.29, 0.717) is 6.54 Å². The normalized spacial score (nSPS) is 20.9.